The highest BCUT2D eigenvalue weighted by Gasteiger charge is 2.22. The van der Waals surface area contributed by atoms with Gasteiger partial charge in [-0.25, -0.2) is 24.9 Å². The molecule has 0 aliphatic rings. The summed E-state index contributed by atoms with van der Waals surface area (Å²) >= 11 is 1.36. The van der Waals surface area contributed by atoms with Gasteiger partial charge in [0.1, 0.15) is 33.9 Å². The van der Waals surface area contributed by atoms with E-state index < -0.39 is 5.60 Å². The van der Waals surface area contributed by atoms with Crippen molar-refractivity contribution in [1.29, 1.82) is 0 Å². The SMILES string of the molecule is COc1ccc(CNc2ncnc3cnc(-c4cccc(C#CC(C)(O)c5nccs5)c4)nc23)c(OC)c1. The fraction of sp³-hybridized carbons (Fsp3) is 0.179. The van der Waals surface area contributed by atoms with Crippen LogP contribution in [0.25, 0.3) is 22.4 Å². The van der Waals surface area contributed by atoms with Crippen LogP contribution in [0.5, 0.6) is 11.5 Å². The van der Waals surface area contributed by atoms with Gasteiger partial charge < -0.3 is 19.9 Å². The molecule has 5 aromatic rings. The minimum Gasteiger partial charge on any atom is -0.497 e. The largest absolute Gasteiger partial charge is 0.497 e. The summed E-state index contributed by atoms with van der Waals surface area (Å²) in [5.74, 6) is 8.46. The Morgan fingerprint density at radius 1 is 1.05 bits per heavy atom. The molecule has 0 aliphatic heterocycles. The van der Waals surface area contributed by atoms with Crippen molar-refractivity contribution in [2.24, 2.45) is 0 Å². The highest BCUT2D eigenvalue weighted by molar-refractivity contribution is 7.09. The van der Waals surface area contributed by atoms with E-state index in [-0.39, 0.29) is 0 Å². The van der Waals surface area contributed by atoms with Crippen molar-refractivity contribution in [1.82, 2.24) is 24.9 Å². The molecule has 2 N–H and O–H groups in total. The lowest BCUT2D eigenvalue weighted by atomic mass is 10.1. The average Bonchev–Trinajstić information content (AvgIpc) is 3.51. The van der Waals surface area contributed by atoms with Crippen molar-refractivity contribution in [3.8, 4) is 34.7 Å². The highest BCUT2D eigenvalue weighted by Crippen LogP contribution is 2.27. The van der Waals surface area contributed by atoms with Crippen molar-refractivity contribution < 1.29 is 14.6 Å². The first-order chi connectivity index (χ1) is 18.5. The molecular formula is C28H24N6O3S. The first-order valence-electron chi connectivity index (χ1n) is 11.7. The number of aliphatic hydroxyl groups is 1. The van der Waals surface area contributed by atoms with Crippen LogP contribution in [-0.4, -0.2) is 44.2 Å². The second-order valence-corrected chi connectivity index (χ2v) is 9.32. The van der Waals surface area contributed by atoms with Crippen LogP contribution in [0.3, 0.4) is 0 Å². The number of rotatable bonds is 7. The molecule has 3 aromatic heterocycles. The van der Waals surface area contributed by atoms with Gasteiger partial charge in [-0.3, -0.25) is 0 Å². The maximum absolute atomic E-state index is 10.7. The second-order valence-electron chi connectivity index (χ2n) is 8.42. The molecule has 0 fully saturated rings. The van der Waals surface area contributed by atoms with Gasteiger partial charge in [0.2, 0.25) is 0 Å². The molecule has 0 saturated carbocycles. The zero-order chi connectivity index (χ0) is 26.5. The summed E-state index contributed by atoms with van der Waals surface area (Å²) in [5, 5.41) is 16.4. The lowest BCUT2D eigenvalue weighted by Gasteiger charge is -2.12. The molecule has 3 heterocycles. The number of thiazole rings is 1. The Kier molecular flexibility index (Phi) is 7.13. The van der Waals surface area contributed by atoms with Crippen molar-refractivity contribution in [3.63, 3.8) is 0 Å². The van der Waals surface area contributed by atoms with E-state index in [2.05, 4.69) is 37.1 Å². The standard InChI is InChI=1S/C28H24N6O3S/c1-28(35,27-29-11-12-38-27)10-9-18-5-4-6-19(13-18)25-31-16-22-24(34-25)26(33-17-32-22)30-15-20-7-8-21(36-2)14-23(20)37-3/h4-8,11-14,16-17,35H,15H2,1-3H3,(H,30,32,33). The van der Waals surface area contributed by atoms with Gasteiger partial charge in [0, 0.05) is 40.9 Å². The normalized spacial score (nSPS) is 12.3. The highest BCUT2D eigenvalue weighted by atomic mass is 32.1. The zero-order valence-electron chi connectivity index (χ0n) is 21.0. The zero-order valence-corrected chi connectivity index (χ0v) is 21.8. The van der Waals surface area contributed by atoms with Gasteiger partial charge >= 0.3 is 0 Å². The maximum Gasteiger partial charge on any atom is 0.174 e. The third-order valence-electron chi connectivity index (χ3n) is 5.74. The van der Waals surface area contributed by atoms with Crippen LogP contribution < -0.4 is 14.8 Å². The number of nitrogens with zero attached hydrogens (tertiary/aromatic N) is 5. The molecule has 1 atom stereocenters. The van der Waals surface area contributed by atoms with Crippen LogP contribution in [0, 0.1) is 11.8 Å². The van der Waals surface area contributed by atoms with Crippen LogP contribution in [0.15, 0.2) is 66.6 Å². The van der Waals surface area contributed by atoms with E-state index in [1.54, 1.807) is 33.5 Å². The van der Waals surface area contributed by atoms with Gasteiger partial charge in [-0.15, -0.1) is 11.3 Å². The average molecular weight is 525 g/mol. The lowest BCUT2D eigenvalue weighted by Crippen LogP contribution is -2.17. The van der Waals surface area contributed by atoms with Gasteiger partial charge in [-0.05, 0) is 31.2 Å². The Bertz CT molecular complexity index is 1640. The maximum atomic E-state index is 10.7. The molecule has 0 spiro atoms. The fourth-order valence-electron chi connectivity index (χ4n) is 3.75. The second kappa shape index (κ2) is 10.8. The van der Waals surface area contributed by atoms with Gasteiger partial charge in [0.25, 0.3) is 0 Å². The number of methoxy groups -OCH3 is 2. The third kappa shape index (κ3) is 5.39. The Hall–Kier alpha value is -4.59. The van der Waals surface area contributed by atoms with E-state index in [1.165, 1.54) is 17.7 Å². The summed E-state index contributed by atoms with van der Waals surface area (Å²) in [4.78, 5) is 22.2. The molecular weight excluding hydrogens is 500 g/mol. The Morgan fingerprint density at radius 2 is 1.95 bits per heavy atom. The molecule has 1 unspecified atom stereocenters. The van der Waals surface area contributed by atoms with Crippen molar-refractivity contribution in [2.75, 3.05) is 19.5 Å². The minimum absolute atomic E-state index is 0.461. The fourth-order valence-corrected chi connectivity index (χ4v) is 4.40. The summed E-state index contributed by atoms with van der Waals surface area (Å²) in [7, 11) is 3.24. The quantitative estimate of drug-likeness (QED) is 0.298. The van der Waals surface area contributed by atoms with E-state index in [0.717, 1.165) is 16.7 Å². The molecule has 0 radical (unpaired) electrons. The van der Waals surface area contributed by atoms with E-state index >= 15 is 0 Å². The molecule has 0 saturated heterocycles. The number of benzene rings is 2. The smallest absolute Gasteiger partial charge is 0.174 e. The van der Waals surface area contributed by atoms with Gasteiger partial charge in [-0.1, -0.05) is 24.0 Å². The molecule has 0 aliphatic carbocycles. The van der Waals surface area contributed by atoms with Gasteiger partial charge in [-0.2, -0.15) is 0 Å². The topological polar surface area (TPSA) is 115 Å². The monoisotopic (exact) mass is 524 g/mol. The van der Waals surface area contributed by atoms with Crippen molar-refractivity contribution >= 4 is 28.2 Å². The predicted molar refractivity (Wildman–Crippen MR) is 146 cm³/mol. The first-order valence-corrected chi connectivity index (χ1v) is 12.5. The van der Waals surface area contributed by atoms with Gasteiger partial charge in [0.05, 0.1) is 20.4 Å². The van der Waals surface area contributed by atoms with E-state index in [1.807, 2.05) is 47.8 Å². The van der Waals surface area contributed by atoms with Crippen LogP contribution in [0.2, 0.25) is 0 Å². The number of aromatic nitrogens is 5. The molecule has 5 rings (SSSR count). The first kappa shape index (κ1) is 25.1. The number of ether oxygens (including phenoxy) is 2. The number of fused-ring (bicyclic) bond motifs is 1. The van der Waals surface area contributed by atoms with E-state index in [0.29, 0.717) is 45.7 Å². The number of anilines is 1. The number of nitrogens with one attached hydrogen (secondary N) is 1. The summed E-state index contributed by atoms with van der Waals surface area (Å²) in [5.41, 5.74) is 2.30. The van der Waals surface area contributed by atoms with Crippen LogP contribution in [-0.2, 0) is 12.1 Å². The van der Waals surface area contributed by atoms with Crippen molar-refractivity contribution in [3.05, 3.63) is 82.7 Å². The van der Waals surface area contributed by atoms with Crippen LogP contribution >= 0.6 is 11.3 Å². The van der Waals surface area contributed by atoms with E-state index in [4.69, 9.17) is 14.5 Å². The van der Waals surface area contributed by atoms with Crippen molar-refractivity contribution in [2.45, 2.75) is 19.1 Å². The minimum atomic E-state index is -1.34. The Labute approximate surface area is 223 Å². The third-order valence-corrected chi connectivity index (χ3v) is 6.72. The molecule has 0 bridgehead atoms. The number of hydrogen-bond donors (Lipinski definition) is 2. The Balaban J connectivity index is 1.42. The molecule has 10 heteroatoms. The molecule has 38 heavy (non-hydrogen) atoms. The van der Waals surface area contributed by atoms with Crippen LogP contribution in [0.1, 0.15) is 23.1 Å². The molecule has 9 nitrogen and oxygen atoms in total. The Morgan fingerprint density at radius 3 is 2.74 bits per heavy atom. The number of hydrogen-bond acceptors (Lipinski definition) is 10. The van der Waals surface area contributed by atoms with Crippen LogP contribution in [0.4, 0.5) is 5.82 Å². The lowest BCUT2D eigenvalue weighted by molar-refractivity contribution is 0.122. The van der Waals surface area contributed by atoms with E-state index in [9.17, 15) is 5.11 Å². The predicted octanol–water partition coefficient (Wildman–Crippen LogP) is 4.43. The molecule has 190 valence electrons. The van der Waals surface area contributed by atoms with Gasteiger partial charge in [0.15, 0.2) is 17.2 Å². The summed E-state index contributed by atoms with van der Waals surface area (Å²) in [6.07, 6.45) is 4.79. The summed E-state index contributed by atoms with van der Waals surface area (Å²) in [6.45, 7) is 2.09. The summed E-state index contributed by atoms with van der Waals surface area (Å²) < 4.78 is 10.8. The summed E-state index contributed by atoms with van der Waals surface area (Å²) in [6, 6.07) is 13.2. The molecule has 2 aromatic carbocycles. The molecule has 0 amide bonds.